The predicted octanol–water partition coefficient (Wildman–Crippen LogP) is 1.49. The van der Waals surface area contributed by atoms with Crippen molar-refractivity contribution in [3.05, 3.63) is 54.1 Å². The molecule has 0 bridgehead atoms. The molecule has 0 aliphatic rings. The van der Waals surface area contributed by atoms with Gasteiger partial charge in [-0.05, 0) is 29.8 Å². The largest absolute Gasteiger partial charge is 0.382 e. The van der Waals surface area contributed by atoms with Gasteiger partial charge in [-0.15, -0.1) is 0 Å². The highest BCUT2D eigenvalue weighted by molar-refractivity contribution is 5.23. The molecule has 2 heterocycles. The number of aliphatic hydroxyl groups excluding tert-OH is 1. The number of aromatic nitrogens is 2. The van der Waals surface area contributed by atoms with E-state index in [1.807, 2.05) is 12.1 Å². The molecule has 0 saturated carbocycles. The highest BCUT2D eigenvalue weighted by Crippen LogP contribution is 2.18. The molecule has 0 unspecified atom stereocenters. The molecule has 66 valence electrons. The molecule has 2 aromatic heterocycles. The number of pyridine rings is 1. The van der Waals surface area contributed by atoms with E-state index in [2.05, 4.69) is 9.97 Å². The lowest BCUT2D eigenvalue weighted by Gasteiger charge is -2.07. The lowest BCUT2D eigenvalue weighted by atomic mass is 10.1. The van der Waals surface area contributed by atoms with Crippen molar-refractivity contribution in [3.8, 4) is 0 Å². The van der Waals surface area contributed by atoms with Crippen molar-refractivity contribution >= 4 is 0 Å². The van der Waals surface area contributed by atoms with E-state index >= 15 is 0 Å². The Morgan fingerprint density at radius 3 is 2.62 bits per heavy atom. The van der Waals surface area contributed by atoms with Gasteiger partial charge in [-0.3, -0.25) is 4.98 Å². The third-order valence-corrected chi connectivity index (χ3v) is 1.94. The molecular formula is C10H10N2O. The molecule has 0 aliphatic carbocycles. The monoisotopic (exact) mass is 174 g/mol. The highest BCUT2D eigenvalue weighted by Gasteiger charge is 2.09. The van der Waals surface area contributed by atoms with Gasteiger partial charge in [-0.2, -0.15) is 0 Å². The van der Waals surface area contributed by atoms with E-state index in [-0.39, 0.29) is 0 Å². The Balaban J connectivity index is 2.29. The first kappa shape index (κ1) is 8.01. The van der Waals surface area contributed by atoms with Gasteiger partial charge < -0.3 is 10.1 Å². The number of aromatic amines is 1. The quantitative estimate of drug-likeness (QED) is 0.724. The second kappa shape index (κ2) is 3.41. The number of aliphatic hydroxyl groups is 1. The first-order valence-corrected chi connectivity index (χ1v) is 4.09. The summed E-state index contributed by atoms with van der Waals surface area (Å²) in [6.45, 7) is 0. The lowest BCUT2D eigenvalue weighted by molar-refractivity contribution is 0.216. The third-order valence-electron chi connectivity index (χ3n) is 1.94. The fourth-order valence-corrected chi connectivity index (χ4v) is 1.24. The van der Waals surface area contributed by atoms with Crippen LogP contribution < -0.4 is 0 Å². The molecule has 2 aromatic rings. The van der Waals surface area contributed by atoms with Gasteiger partial charge in [0, 0.05) is 24.3 Å². The van der Waals surface area contributed by atoms with Gasteiger partial charge in [-0.1, -0.05) is 0 Å². The van der Waals surface area contributed by atoms with Gasteiger partial charge in [0.05, 0.1) is 0 Å². The number of hydrogen-bond donors (Lipinski definition) is 2. The second-order valence-corrected chi connectivity index (χ2v) is 2.81. The minimum absolute atomic E-state index is 0.585. The van der Waals surface area contributed by atoms with E-state index in [0.717, 1.165) is 11.3 Å². The summed E-state index contributed by atoms with van der Waals surface area (Å²) in [5, 5.41) is 9.82. The van der Waals surface area contributed by atoms with Gasteiger partial charge in [0.15, 0.2) is 0 Å². The van der Waals surface area contributed by atoms with Crippen LogP contribution in [-0.2, 0) is 0 Å². The summed E-state index contributed by atoms with van der Waals surface area (Å²) in [6, 6.07) is 7.31. The smallest absolute Gasteiger partial charge is 0.119 e. The third kappa shape index (κ3) is 1.60. The molecule has 0 radical (unpaired) electrons. The number of H-pyrrole nitrogens is 1. The summed E-state index contributed by atoms with van der Waals surface area (Å²) in [6.07, 6.45) is 4.54. The number of nitrogens with zero attached hydrogens (tertiary/aromatic N) is 1. The summed E-state index contributed by atoms with van der Waals surface area (Å²) in [5.41, 5.74) is 1.64. The Morgan fingerprint density at radius 1 is 1.23 bits per heavy atom. The fraction of sp³-hybridized carbons (Fsp3) is 0.100. The van der Waals surface area contributed by atoms with E-state index < -0.39 is 6.10 Å². The molecule has 0 amide bonds. The van der Waals surface area contributed by atoms with Crippen LogP contribution in [0.15, 0.2) is 42.9 Å². The number of hydrogen-bond acceptors (Lipinski definition) is 2. The zero-order valence-corrected chi connectivity index (χ0v) is 7.01. The molecule has 0 aliphatic heterocycles. The maximum Gasteiger partial charge on any atom is 0.119 e. The highest BCUT2D eigenvalue weighted by atomic mass is 16.3. The van der Waals surface area contributed by atoms with Crippen molar-refractivity contribution in [1.29, 1.82) is 0 Å². The second-order valence-electron chi connectivity index (χ2n) is 2.81. The molecule has 0 saturated heterocycles. The molecule has 0 aromatic carbocycles. The molecule has 2 N–H and O–H groups in total. The van der Waals surface area contributed by atoms with Crippen LogP contribution in [0.4, 0.5) is 0 Å². The van der Waals surface area contributed by atoms with Crippen LogP contribution in [0.2, 0.25) is 0 Å². The lowest BCUT2D eigenvalue weighted by Crippen LogP contribution is -1.99. The molecule has 3 heteroatoms. The van der Waals surface area contributed by atoms with Crippen LogP contribution in [0, 0.1) is 0 Å². The maximum atomic E-state index is 9.82. The molecule has 1 atom stereocenters. The maximum absolute atomic E-state index is 9.82. The first-order chi connectivity index (χ1) is 6.38. The van der Waals surface area contributed by atoms with Crippen LogP contribution in [0.25, 0.3) is 0 Å². The normalized spacial score (nSPS) is 12.7. The van der Waals surface area contributed by atoms with Crippen molar-refractivity contribution in [2.24, 2.45) is 0 Å². The fourth-order valence-electron chi connectivity index (χ4n) is 1.24. The number of rotatable bonds is 2. The topological polar surface area (TPSA) is 48.9 Å². The van der Waals surface area contributed by atoms with Crippen LogP contribution in [0.5, 0.6) is 0 Å². The molecule has 0 fully saturated rings. The Kier molecular flexibility index (Phi) is 2.10. The molecular weight excluding hydrogens is 164 g/mol. The minimum Gasteiger partial charge on any atom is -0.382 e. The summed E-state index contributed by atoms with van der Waals surface area (Å²) in [4.78, 5) is 6.85. The van der Waals surface area contributed by atoms with Crippen molar-refractivity contribution in [1.82, 2.24) is 9.97 Å². The average molecular weight is 174 g/mol. The van der Waals surface area contributed by atoms with Crippen LogP contribution >= 0.6 is 0 Å². The van der Waals surface area contributed by atoms with Gasteiger partial charge in [0.2, 0.25) is 0 Å². The Morgan fingerprint density at radius 2 is 2.00 bits per heavy atom. The van der Waals surface area contributed by atoms with Crippen LogP contribution in [0.3, 0.4) is 0 Å². The molecule has 13 heavy (non-hydrogen) atoms. The van der Waals surface area contributed by atoms with Crippen LogP contribution in [0.1, 0.15) is 17.4 Å². The zero-order valence-electron chi connectivity index (χ0n) is 7.01. The summed E-state index contributed by atoms with van der Waals surface area (Å²) < 4.78 is 0. The Labute approximate surface area is 76.1 Å². The van der Waals surface area contributed by atoms with Gasteiger partial charge >= 0.3 is 0 Å². The van der Waals surface area contributed by atoms with Crippen LogP contribution in [-0.4, -0.2) is 15.1 Å². The summed E-state index contributed by atoms with van der Waals surface area (Å²) >= 11 is 0. The predicted molar refractivity (Wildman–Crippen MR) is 49.1 cm³/mol. The SMILES string of the molecule is O[C@H](c1ccncc1)c1ccc[nH]1. The van der Waals surface area contributed by atoms with Crippen molar-refractivity contribution in [2.45, 2.75) is 6.10 Å². The van der Waals surface area contributed by atoms with Gasteiger partial charge in [0.1, 0.15) is 6.10 Å². The van der Waals surface area contributed by atoms with E-state index in [0.29, 0.717) is 0 Å². The first-order valence-electron chi connectivity index (χ1n) is 4.09. The Bertz CT molecular complexity index is 356. The Hall–Kier alpha value is -1.61. The van der Waals surface area contributed by atoms with Crippen molar-refractivity contribution in [2.75, 3.05) is 0 Å². The molecule has 2 rings (SSSR count). The standard InChI is InChI=1S/C10H10N2O/c13-10(9-2-1-5-12-9)8-3-6-11-7-4-8/h1-7,10,12-13H/t10-/m1/s1. The molecule has 3 nitrogen and oxygen atoms in total. The van der Waals surface area contributed by atoms with Gasteiger partial charge in [-0.25, -0.2) is 0 Å². The van der Waals surface area contributed by atoms with E-state index in [9.17, 15) is 5.11 Å². The van der Waals surface area contributed by atoms with E-state index in [1.54, 1.807) is 30.7 Å². The van der Waals surface area contributed by atoms with E-state index in [1.165, 1.54) is 0 Å². The summed E-state index contributed by atoms with van der Waals surface area (Å²) in [7, 11) is 0. The van der Waals surface area contributed by atoms with Crippen molar-refractivity contribution < 1.29 is 5.11 Å². The van der Waals surface area contributed by atoms with Crippen molar-refractivity contribution in [3.63, 3.8) is 0 Å². The average Bonchev–Trinajstić information content (AvgIpc) is 2.71. The van der Waals surface area contributed by atoms with E-state index in [4.69, 9.17) is 0 Å². The minimum atomic E-state index is -0.585. The zero-order chi connectivity index (χ0) is 9.10. The molecule has 0 spiro atoms. The number of nitrogens with one attached hydrogen (secondary N) is 1. The summed E-state index contributed by atoms with van der Waals surface area (Å²) in [5.74, 6) is 0. The van der Waals surface area contributed by atoms with Gasteiger partial charge in [0.25, 0.3) is 0 Å².